The molecule has 1 spiro atoms. The molecule has 3 heterocycles. The zero-order chi connectivity index (χ0) is 20.1. The van der Waals surface area contributed by atoms with Gasteiger partial charge in [-0.2, -0.15) is 0 Å². The molecule has 0 fully saturated rings. The van der Waals surface area contributed by atoms with Crippen molar-refractivity contribution in [1.29, 1.82) is 0 Å². The molecule has 1 aromatic carbocycles. The first kappa shape index (κ1) is 18.7. The SMILES string of the molecule is COCC1(C)CC2(N=C(N)N(C)C2=O)c2cc(-c3cncc(Cl)c3)ccc2O1. The number of hydrogen-bond acceptors (Lipinski definition) is 6. The van der Waals surface area contributed by atoms with E-state index in [4.69, 9.17) is 26.8 Å². The summed E-state index contributed by atoms with van der Waals surface area (Å²) in [4.78, 5) is 23.4. The number of amides is 1. The van der Waals surface area contributed by atoms with E-state index in [1.807, 2.05) is 31.2 Å². The van der Waals surface area contributed by atoms with Crippen LogP contribution in [0.4, 0.5) is 0 Å². The van der Waals surface area contributed by atoms with Crippen LogP contribution in [0.3, 0.4) is 0 Å². The van der Waals surface area contributed by atoms with Crippen molar-refractivity contribution in [3.05, 3.63) is 47.2 Å². The van der Waals surface area contributed by atoms with E-state index in [9.17, 15) is 4.79 Å². The number of rotatable bonds is 3. The van der Waals surface area contributed by atoms with Gasteiger partial charge in [0.25, 0.3) is 5.91 Å². The molecule has 0 radical (unpaired) electrons. The summed E-state index contributed by atoms with van der Waals surface area (Å²) in [5, 5.41) is 0.535. The predicted molar refractivity (Wildman–Crippen MR) is 106 cm³/mol. The summed E-state index contributed by atoms with van der Waals surface area (Å²) in [6.07, 6.45) is 3.62. The molecule has 2 atom stereocenters. The molecule has 2 aliphatic rings. The second-order valence-electron chi connectivity index (χ2n) is 7.46. The number of guanidine groups is 1. The molecule has 0 aliphatic carbocycles. The third-order valence-corrected chi connectivity index (χ3v) is 5.41. The van der Waals surface area contributed by atoms with Gasteiger partial charge >= 0.3 is 0 Å². The van der Waals surface area contributed by atoms with Crippen molar-refractivity contribution in [1.82, 2.24) is 9.88 Å². The number of pyridine rings is 1. The average Bonchev–Trinajstić information content (AvgIpc) is 2.85. The lowest BCUT2D eigenvalue weighted by atomic mass is 9.76. The molecule has 28 heavy (non-hydrogen) atoms. The second kappa shape index (κ2) is 6.46. The van der Waals surface area contributed by atoms with Gasteiger partial charge in [0, 0.05) is 44.1 Å². The maximum absolute atomic E-state index is 13.3. The van der Waals surface area contributed by atoms with Crippen molar-refractivity contribution in [2.24, 2.45) is 10.7 Å². The quantitative estimate of drug-likeness (QED) is 0.855. The minimum absolute atomic E-state index is 0.182. The number of carbonyl (C=O) groups is 1. The number of benzene rings is 1. The third-order valence-electron chi connectivity index (χ3n) is 5.21. The molecule has 0 bridgehead atoms. The highest BCUT2D eigenvalue weighted by atomic mass is 35.5. The smallest absolute Gasteiger partial charge is 0.261 e. The maximum atomic E-state index is 13.3. The highest BCUT2D eigenvalue weighted by molar-refractivity contribution is 6.30. The topological polar surface area (TPSA) is 90.0 Å². The highest BCUT2D eigenvalue weighted by Gasteiger charge is 2.56. The summed E-state index contributed by atoms with van der Waals surface area (Å²) >= 11 is 6.09. The van der Waals surface area contributed by atoms with Gasteiger partial charge in [0.2, 0.25) is 0 Å². The first-order chi connectivity index (χ1) is 13.3. The number of carbonyl (C=O) groups excluding carboxylic acids is 1. The lowest BCUT2D eigenvalue weighted by Crippen LogP contribution is -2.52. The number of fused-ring (bicyclic) bond motifs is 2. The first-order valence-corrected chi connectivity index (χ1v) is 9.23. The van der Waals surface area contributed by atoms with E-state index in [1.165, 1.54) is 4.90 Å². The van der Waals surface area contributed by atoms with Crippen LogP contribution in [0.1, 0.15) is 18.9 Å². The molecule has 146 valence electrons. The Kier molecular flexibility index (Phi) is 4.32. The molecule has 2 aromatic rings. The Labute approximate surface area is 168 Å². The zero-order valence-corrected chi connectivity index (χ0v) is 16.7. The Morgan fingerprint density at radius 3 is 2.75 bits per heavy atom. The van der Waals surface area contributed by atoms with Crippen molar-refractivity contribution in [3.8, 4) is 16.9 Å². The van der Waals surface area contributed by atoms with Crippen LogP contribution in [-0.4, -0.2) is 48.1 Å². The number of hydrogen-bond donors (Lipinski definition) is 1. The fraction of sp³-hybridized carbons (Fsp3) is 0.350. The van der Waals surface area contributed by atoms with Gasteiger partial charge in [0.05, 0.1) is 11.6 Å². The zero-order valence-electron chi connectivity index (χ0n) is 15.9. The average molecular weight is 401 g/mol. The number of nitrogens with two attached hydrogens (primary N) is 1. The van der Waals surface area contributed by atoms with E-state index in [2.05, 4.69) is 9.98 Å². The number of methoxy groups -OCH3 is 1. The molecule has 4 rings (SSSR count). The molecule has 2 unspecified atom stereocenters. The number of halogens is 1. The van der Waals surface area contributed by atoms with Crippen LogP contribution in [0.25, 0.3) is 11.1 Å². The highest BCUT2D eigenvalue weighted by Crippen LogP contribution is 2.50. The van der Waals surface area contributed by atoms with Crippen molar-refractivity contribution < 1.29 is 14.3 Å². The lowest BCUT2D eigenvalue weighted by Gasteiger charge is -2.42. The number of aliphatic imine (C=N–C) groups is 1. The van der Waals surface area contributed by atoms with Crippen molar-refractivity contribution >= 4 is 23.5 Å². The summed E-state index contributed by atoms with van der Waals surface area (Å²) in [6.45, 7) is 2.23. The molecule has 0 saturated heterocycles. The van der Waals surface area contributed by atoms with Crippen LogP contribution in [0.2, 0.25) is 5.02 Å². The summed E-state index contributed by atoms with van der Waals surface area (Å²) < 4.78 is 11.6. The number of ether oxygens (including phenoxy) is 2. The van der Waals surface area contributed by atoms with Crippen LogP contribution >= 0.6 is 11.6 Å². The minimum Gasteiger partial charge on any atom is -0.485 e. The Morgan fingerprint density at radius 1 is 1.32 bits per heavy atom. The standard InChI is InChI=1S/C20H21ClN4O3/c1-19(11-27-3)10-20(17(26)25(2)18(22)24-20)15-7-12(4-5-16(15)28-19)13-6-14(21)9-23-8-13/h4-9H,10-11H2,1-3H3,(H2,22,24). The Hall–Kier alpha value is -2.64. The van der Waals surface area contributed by atoms with Gasteiger partial charge in [-0.15, -0.1) is 0 Å². The monoisotopic (exact) mass is 400 g/mol. The van der Waals surface area contributed by atoms with Gasteiger partial charge in [-0.05, 0) is 30.7 Å². The molecule has 0 saturated carbocycles. The summed E-state index contributed by atoms with van der Waals surface area (Å²) in [5.74, 6) is 0.593. The molecule has 1 amide bonds. The molecule has 1 aromatic heterocycles. The summed E-state index contributed by atoms with van der Waals surface area (Å²) in [7, 11) is 3.23. The minimum atomic E-state index is -1.15. The fourth-order valence-corrected chi connectivity index (χ4v) is 4.18. The van der Waals surface area contributed by atoms with Crippen LogP contribution < -0.4 is 10.5 Å². The van der Waals surface area contributed by atoms with Crippen LogP contribution in [-0.2, 0) is 15.1 Å². The van der Waals surface area contributed by atoms with Gasteiger partial charge in [0.15, 0.2) is 11.5 Å². The van der Waals surface area contributed by atoms with E-state index >= 15 is 0 Å². The summed E-state index contributed by atoms with van der Waals surface area (Å²) in [6, 6.07) is 7.48. The third kappa shape index (κ3) is 2.82. The van der Waals surface area contributed by atoms with Gasteiger partial charge in [-0.3, -0.25) is 14.7 Å². The predicted octanol–water partition coefficient (Wildman–Crippen LogP) is 2.57. The Bertz CT molecular complexity index is 995. The van der Waals surface area contributed by atoms with E-state index in [1.54, 1.807) is 26.6 Å². The van der Waals surface area contributed by atoms with E-state index < -0.39 is 11.1 Å². The number of likely N-dealkylation sites (N-methyl/N-ethyl adjacent to an activating group) is 1. The first-order valence-electron chi connectivity index (χ1n) is 8.85. The maximum Gasteiger partial charge on any atom is 0.261 e. The lowest BCUT2D eigenvalue weighted by molar-refractivity contribution is -0.135. The molecular weight excluding hydrogens is 380 g/mol. The van der Waals surface area contributed by atoms with Crippen LogP contribution in [0.15, 0.2) is 41.7 Å². The second-order valence-corrected chi connectivity index (χ2v) is 7.90. The summed E-state index contributed by atoms with van der Waals surface area (Å²) in [5.41, 5.74) is 6.53. The Morgan fingerprint density at radius 2 is 2.11 bits per heavy atom. The van der Waals surface area contributed by atoms with E-state index in [0.29, 0.717) is 29.4 Å². The van der Waals surface area contributed by atoms with Crippen molar-refractivity contribution in [2.45, 2.75) is 24.5 Å². The van der Waals surface area contributed by atoms with Crippen LogP contribution in [0.5, 0.6) is 5.75 Å². The molecule has 7 nitrogen and oxygen atoms in total. The number of nitrogens with zero attached hydrogens (tertiary/aromatic N) is 3. The van der Waals surface area contributed by atoms with E-state index in [0.717, 1.165) is 11.1 Å². The van der Waals surface area contributed by atoms with E-state index in [-0.39, 0.29) is 11.9 Å². The molecular formula is C20H21ClN4O3. The fourth-order valence-electron chi connectivity index (χ4n) is 4.01. The Balaban J connectivity index is 1.91. The molecule has 2 aliphatic heterocycles. The van der Waals surface area contributed by atoms with Crippen LogP contribution in [0, 0.1) is 0 Å². The van der Waals surface area contributed by atoms with Gasteiger partial charge in [0.1, 0.15) is 11.4 Å². The van der Waals surface area contributed by atoms with Gasteiger partial charge in [-0.1, -0.05) is 17.7 Å². The van der Waals surface area contributed by atoms with Gasteiger partial charge in [-0.25, -0.2) is 4.99 Å². The van der Waals surface area contributed by atoms with Crippen molar-refractivity contribution in [2.75, 3.05) is 20.8 Å². The normalized spacial score (nSPS) is 26.2. The molecule has 2 N–H and O–H groups in total. The molecule has 8 heteroatoms. The van der Waals surface area contributed by atoms with Gasteiger partial charge < -0.3 is 15.2 Å². The van der Waals surface area contributed by atoms with Crippen molar-refractivity contribution in [3.63, 3.8) is 0 Å². The number of aromatic nitrogens is 1. The largest absolute Gasteiger partial charge is 0.485 e.